The second-order valence-electron chi connectivity index (χ2n) is 3.85. The molecule has 2 N–H and O–H groups in total. The van der Waals surface area contributed by atoms with Gasteiger partial charge in [0, 0.05) is 25.7 Å². The summed E-state index contributed by atoms with van der Waals surface area (Å²) in [6.07, 6.45) is 1.57. The molecule has 86 valence electrons. The van der Waals surface area contributed by atoms with Crippen LogP contribution >= 0.6 is 0 Å². The lowest BCUT2D eigenvalue weighted by molar-refractivity contribution is -0.137. The average molecular weight is 214 g/mol. The fraction of sp³-hybridized carbons (Fsp3) is 0.636. The molecule has 4 nitrogen and oxygen atoms in total. The average Bonchev–Trinajstić information content (AvgIpc) is 2.11. The van der Waals surface area contributed by atoms with E-state index in [9.17, 15) is 9.59 Å². The van der Waals surface area contributed by atoms with Gasteiger partial charge in [0.25, 0.3) is 0 Å². The zero-order valence-corrected chi connectivity index (χ0v) is 9.03. The van der Waals surface area contributed by atoms with Gasteiger partial charge in [0.2, 0.25) is 0 Å². The minimum absolute atomic E-state index is 0.0153. The van der Waals surface area contributed by atoms with Gasteiger partial charge in [0.05, 0.1) is 5.76 Å². The Morgan fingerprint density at radius 2 is 1.80 bits per heavy atom. The largest absolute Gasteiger partial charge is 0.513 e. The number of allylic oxidation sites excluding steroid dienone is 1. The van der Waals surface area contributed by atoms with Gasteiger partial charge in [-0.05, 0) is 12.3 Å². The van der Waals surface area contributed by atoms with Crippen LogP contribution in [0.5, 0.6) is 0 Å². The first-order chi connectivity index (χ1) is 6.91. The lowest BCUT2D eigenvalue weighted by atomic mass is 9.97. The molecule has 0 saturated carbocycles. The molecule has 1 atom stereocenters. The summed E-state index contributed by atoms with van der Waals surface area (Å²) >= 11 is 0. The van der Waals surface area contributed by atoms with Crippen molar-refractivity contribution in [1.82, 2.24) is 0 Å². The van der Waals surface area contributed by atoms with Crippen LogP contribution in [0.3, 0.4) is 0 Å². The summed E-state index contributed by atoms with van der Waals surface area (Å²) in [5.41, 5.74) is 0. The van der Waals surface area contributed by atoms with Crippen molar-refractivity contribution in [3.05, 3.63) is 12.3 Å². The molecular weight excluding hydrogens is 196 g/mol. The number of aliphatic carboxylic acids is 1. The van der Waals surface area contributed by atoms with E-state index < -0.39 is 5.97 Å². The van der Waals surface area contributed by atoms with Crippen molar-refractivity contribution in [1.29, 1.82) is 0 Å². The van der Waals surface area contributed by atoms with E-state index in [1.807, 2.05) is 6.92 Å². The summed E-state index contributed by atoms with van der Waals surface area (Å²) in [7, 11) is 0. The molecule has 0 aliphatic rings. The molecule has 0 aliphatic carbocycles. The number of aliphatic hydroxyl groups is 1. The number of carboxylic acid groups (broad SMARTS) is 1. The summed E-state index contributed by atoms with van der Waals surface area (Å²) in [6.45, 7) is 5.15. The number of carbonyl (C=O) groups excluding carboxylic acids is 1. The van der Waals surface area contributed by atoms with E-state index >= 15 is 0 Å². The fourth-order valence-electron chi connectivity index (χ4n) is 1.25. The molecule has 0 spiro atoms. The van der Waals surface area contributed by atoms with Crippen molar-refractivity contribution >= 4 is 11.8 Å². The Morgan fingerprint density at radius 3 is 2.27 bits per heavy atom. The highest BCUT2D eigenvalue weighted by molar-refractivity contribution is 5.78. The SMILES string of the molecule is C=C(O)CCC(=O)CC(C)CCC(=O)O. The number of Topliss-reactive ketones (excluding diaryl/α,β-unsaturated/α-hetero) is 1. The predicted molar refractivity (Wildman–Crippen MR) is 56.7 cm³/mol. The first kappa shape index (κ1) is 13.7. The number of hydrogen-bond acceptors (Lipinski definition) is 3. The van der Waals surface area contributed by atoms with Gasteiger partial charge in [0.15, 0.2) is 0 Å². The second-order valence-corrected chi connectivity index (χ2v) is 3.85. The quantitative estimate of drug-likeness (QED) is 0.608. The molecule has 0 aromatic heterocycles. The lowest BCUT2D eigenvalue weighted by Gasteiger charge is -2.08. The van der Waals surface area contributed by atoms with Crippen LogP contribution in [0.4, 0.5) is 0 Å². The number of rotatable bonds is 8. The first-order valence-electron chi connectivity index (χ1n) is 5.02. The van der Waals surface area contributed by atoms with E-state index in [4.69, 9.17) is 10.2 Å². The maximum absolute atomic E-state index is 11.3. The summed E-state index contributed by atoms with van der Waals surface area (Å²) in [5, 5.41) is 17.2. The Bertz CT molecular complexity index is 245. The van der Waals surface area contributed by atoms with Crippen molar-refractivity contribution < 1.29 is 19.8 Å². The third-order valence-corrected chi connectivity index (χ3v) is 2.12. The monoisotopic (exact) mass is 214 g/mol. The Kier molecular flexibility index (Phi) is 6.42. The van der Waals surface area contributed by atoms with Gasteiger partial charge in [-0.25, -0.2) is 0 Å². The molecule has 0 heterocycles. The second kappa shape index (κ2) is 7.04. The molecule has 0 radical (unpaired) electrons. The van der Waals surface area contributed by atoms with Crippen LogP contribution in [-0.2, 0) is 9.59 Å². The van der Waals surface area contributed by atoms with Crippen LogP contribution in [0.1, 0.15) is 39.0 Å². The van der Waals surface area contributed by atoms with Crippen molar-refractivity contribution in [3.63, 3.8) is 0 Å². The van der Waals surface area contributed by atoms with Gasteiger partial charge in [-0.2, -0.15) is 0 Å². The molecule has 0 rings (SSSR count). The van der Waals surface area contributed by atoms with E-state index in [-0.39, 0.29) is 30.3 Å². The van der Waals surface area contributed by atoms with Crippen LogP contribution in [-0.4, -0.2) is 22.0 Å². The zero-order valence-electron chi connectivity index (χ0n) is 9.03. The highest BCUT2D eigenvalue weighted by Crippen LogP contribution is 2.13. The molecule has 0 bridgehead atoms. The summed E-state index contributed by atoms with van der Waals surface area (Å²) < 4.78 is 0. The van der Waals surface area contributed by atoms with Crippen molar-refractivity contribution in [2.45, 2.75) is 39.0 Å². The van der Waals surface area contributed by atoms with E-state index in [1.54, 1.807) is 0 Å². The maximum atomic E-state index is 11.3. The summed E-state index contributed by atoms with van der Waals surface area (Å²) in [5.74, 6) is -0.691. The van der Waals surface area contributed by atoms with Gasteiger partial charge in [-0.3, -0.25) is 9.59 Å². The molecule has 0 amide bonds. The topological polar surface area (TPSA) is 74.6 Å². The standard InChI is InChI=1S/C11H18O4/c1-8(3-6-11(14)15)7-10(13)5-4-9(2)12/h8,12H,2-7H2,1H3,(H,14,15). The Morgan fingerprint density at radius 1 is 1.20 bits per heavy atom. The van der Waals surface area contributed by atoms with E-state index in [1.165, 1.54) is 0 Å². The molecule has 15 heavy (non-hydrogen) atoms. The third-order valence-electron chi connectivity index (χ3n) is 2.12. The smallest absolute Gasteiger partial charge is 0.303 e. The van der Waals surface area contributed by atoms with Crippen LogP contribution < -0.4 is 0 Å². The van der Waals surface area contributed by atoms with E-state index in [0.717, 1.165) is 0 Å². The number of aliphatic hydroxyl groups excluding tert-OH is 1. The molecule has 4 heteroatoms. The summed E-state index contributed by atoms with van der Waals surface area (Å²) in [4.78, 5) is 21.6. The van der Waals surface area contributed by atoms with Crippen LogP contribution in [0, 0.1) is 5.92 Å². The molecule has 0 aromatic rings. The fourth-order valence-corrected chi connectivity index (χ4v) is 1.25. The van der Waals surface area contributed by atoms with Crippen molar-refractivity contribution in [3.8, 4) is 0 Å². The molecule has 1 unspecified atom stereocenters. The highest BCUT2D eigenvalue weighted by atomic mass is 16.4. The lowest BCUT2D eigenvalue weighted by Crippen LogP contribution is -2.07. The number of carboxylic acids is 1. The minimum Gasteiger partial charge on any atom is -0.513 e. The van der Waals surface area contributed by atoms with Gasteiger partial charge in [0.1, 0.15) is 5.78 Å². The highest BCUT2D eigenvalue weighted by Gasteiger charge is 2.10. The Balaban J connectivity index is 3.66. The van der Waals surface area contributed by atoms with Crippen LogP contribution in [0.25, 0.3) is 0 Å². The summed E-state index contributed by atoms with van der Waals surface area (Å²) in [6, 6.07) is 0. The predicted octanol–water partition coefficient (Wildman–Crippen LogP) is 2.30. The molecule has 0 aromatic carbocycles. The normalized spacial score (nSPS) is 12.1. The first-order valence-corrected chi connectivity index (χ1v) is 5.02. The molecule has 0 aliphatic heterocycles. The number of ketones is 1. The van der Waals surface area contributed by atoms with E-state index in [0.29, 0.717) is 19.3 Å². The maximum Gasteiger partial charge on any atom is 0.303 e. The third kappa shape index (κ3) is 9.00. The van der Waals surface area contributed by atoms with Gasteiger partial charge < -0.3 is 10.2 Å². The van der Waals surface area contributed by atoms with Gasteiger partial charge in [-0.15, -0.1) is 0 Å². The molecule has 0 fully saturated rings. The molecule has 0 saturated heterocycles. The Hall–Kier alpha value is -1.32. The Labute approximate surface area is 89.6 Å². The van der Waals surface area contributed by atoms with Crippen LogP contribution in [0.15, 0.2) is 12.3 Å². The number of hydrogen-bond donors (Lipinski definition) is 2. The minimum atomic E-state index is -0.835. The number of carbonyl (C=O) groups is 2. The zero-order chi connectivity index (χ0) is 11.8. The van der Waals surface area contributed by atoms with Gasteiger partial charge >= 0.3 is 5.97 Å². The van der Waals surface area contributed by atoms with E-state index in [2.05, 4.69) is 6.58 Å². The van der Waals surface area contributed by atoms with Crippen molar-refractivity contribution in [2.75, 3.05) is 0 Å². The molecular formula is C11H18O4. The van der Waals surface area contributed by atoms with Crippen LogP contribution in [0.2, 0.25) is 0 Å². The van der Waals surface area contributed by atoms with Gasteiger partial charge in [-0.1, -0.05) is 13.5 Å². The van der Waals surface area contributed by atoms with Crippen molar-refractivity contribution in [2.24, 2.45) is 5.92 Å².